The zero-order valence-corrected chi connectivity index (χ0v) is 41.5. The summed E-state index contributed by atoms with van der Waals surface area (Å²) < 4.78 is 0. The summed E-state index contributed by atoms with van der Waals surface area (Å²) in [6.07, 6.45) is -0.547. The number of carbonyl (C=O) groups is 11. The van der Waals surface area contributed by atoms with Crippen molar-refractivity contribution in [1.82, 2.24) is 42.1 Å². The van der Waals surface area contributed by atoms with Crippen molar-refractivity contribution in [2.75, 3.05) is 31.1 Å². The summed E-state index contributed by atoms with van der Waals surface area (Å²) in [7, 11) is 2.01. The maximum Gasteiger partial charge on any atom is 0.322 e. The average molecular weight is 1060 g/mol. The molecule has 0 spiro atoms. The summed E-state index contributed by atoms with van der Waals surface area (Å²) in [6.45, 7) is -0.406. The van der Waals surface area contributed by atoms with Gasteiger partial charge in [0.2, 0.25) is 59.1 Å². The highest BCUT2D eigenvalue weighted by Gasteiger charge is 2.40. The van der Waals surface area contributed by atoms with Gasteiger partial charge in [-0.05, 0) is 68.3 Å². The minimum Gasteiger partial charge on any atom is -0.508 e. The molecule has 2 fully saturated rings. The number of carboxylic acids is 1. The highest BCUT2D eigenvalue weighted by Crippen LogP contribution is 2.26. The number of aliphatic carboxylic acids is 1. The summed E-state index contributed by atoms with van der Waals surface area (Å²) in [4.78, 5) is 149. The molecule has 2 aliphatic rings. The Labute approximate surface area is 428 Å². The average Bonchev–Trinajstić information content (AvgIpc) is 3.85. The van der Waals surface area contributed by atoms with Crippen LogP contribution in [0.2, 0.25) is 0 Å². The molecule has 0 aromatic heterocycles. The molecule has 73 heavy (non-hydrogen) atoms. The molecule has 25 nitrogen and oxygen atoms in total. The van der Waals surface area contributed by atoms with Crippen LogP contribution in [0.15, 0.2) is 54.6 Å². The number of likely N-dealkylation sites (tertiary alicyclic amines) is 1. The minimum atomic E-state index is -1.79. The number of amides is 10. The molecule has 0 bridgehead atoms. The molecule has 3 unspecified atom stereocenters. The summed E-state index contributed by atoms with van der Waals surface area (Å²) in [5.74, 6) is -10.7. The van der Waals surface area contributed by atoms with Crippen molar-refractivity contribution in [3.63, 3.8) is 0 Å². The second-order valence-electron chi connectivity index (χ2n) is 17.4. The van der Waals surface area contributed by atoms with Crippen LogP contribution in [0.1, 0.15) is 62.5 Å². The molecule has 17 N–H and O–H groups in total. The van der Waals surface area contributed by atoms with E-state index in [-0.39, 0.29) is 56.0 Å². The fourth-order valence-corrected chi connectivity index (χ4v) is 10.1. The zero-order valence-electron chi connectivity index (χ0n) is 39.9. The van der Waals surface area contributed by atoms with E-state index in [2.05, 4.69) is 37.2 Å². The van der Waals surface area contributed by atoms with Gasteiger partial charge < -0.3 is 75.3 Å². The lowest BCUT2D eigenvalue weighted by Crippen LogP contribution is -2.61. The third-order valence-corrected chi connectivity index (χ3v) is 14.1. The largest absolute Gasteiger partial charge is 0.508 e. The van der Waals surface area contributed by atoms with Crippen LogP contribution in [-0.4, -0.2) is 160 Å². The molecule has 2 saturated heterocycles. The highest BCUT2D eigenvalue weighted by molar-refractivity contribution is 8.76. The first kappa shape index (κ1) is 58.6. The number of primary amides is 2. The predicted octanol–water partition coefficient (Wildman–Crippen LogP) is -3.73. The van der Waals surface area contributed by atoms with Crippen LogP contribution in [0.3, 0.4) is 0 Å². The standard InChI is InChI=1S/C46H64N12O13S2/c47-17-5-4-9-29(40(65)51-22-38(62)63)53-45(70)35-10-6-18-58(35)46(71)34-24-73-72-23-28(48)39(64)54-31(20-26-11-13-27(59)14-12-26)43(68)55-32(19-25-7-2-1-3-8-25)42(67)52-30(15-16-36(49)60)41(66)56-33(21-37(50)61)44(69)57-34/h1-3,7-8,11-14,28-35,59H,4-6,9-10,15-24,47-48H2,(H2,49,60)(H2,50,61)(H,51,65)(H,52,67)(H,53,70)(H,54,64)(H,55,68)(H,56,66)(H,57,69)(H,62,63)/t28-,29-,30?,31-,32?,33-,34?,35-/m0/s1. The van der Waals surface area contributed by atoms with Gasteiger partial charge in [0.05, 0.1) is 12.5 Å². The summed E-state index contributed by atoms with van der Waals surface area (Å²) in [5.41, 5.74) is 24.0. The first-order valence-corrected chi connectivity index (χ1v) is 26.0. The number of hydrogen-bond acceptors (Lipinski definition) is 16. The Morgan fingerprint density at radius 1 is 0.726 bits per heavy atom. The van der Waals surface area contributed by atoms with Crippen molar-refractivity contribution in [2.24, 2.45) is 22.9 Å². The van der Waals surface area contributed by atoms with Crippen molar-refractivity contribution in [3.05, 3.63) is 65.7 Å². The molecule has 10 amide bonds. The Hall–Kier alpha value is -6.97. The maximum atomic E-state index is 14.5. The molecule has 27 heteroatoms. The molecule has 8 atom stereocenters. The van der Waals surface area contributed by atoms with Crippen molar-refractivity contribution in [2.45, 2.75) is 113 Å². The molecular weight excluding hydrogens is 993 g/mol. The number of hydrogen-bond donors (Lipinski definition) is 13. The number of nitrogens with zero attached hydrogens (tertiary/aromatic N) is 1. The van der Waals surface area contributed by atoms with E-state index >= 15 is 0 Å². The van der Waals surface area contributed by atoms with Crippen molar-refractivity contribution in [3.8, 4) is 5.75 Å². The molecule has 0 aliphatic carbocycles. The Balaban J connectivity index is 1.71. The summed E-state index contributed by atoms with van der Waals surface area (Å²) in [6, 6.07) is 2.94. The second kappa shape index (κ2) is 29.5. The lowest BCUT2D eigenvalue weighted by Gasteiger charge is -2.31. The second-order valence-corrected chi connectivity index (χ2v) is 19.9. The number of nitrogens with two attached hydrogens (primary N) is 4. The maximum absolute atomic E-state index is 14.5. The van der Waals surface area contributed by atoms with Crippen molar-refractivity contribution < 1.29 is 63.0 Å². The van der Waals surface area contributed by atoms with Gasteiger partial charge in [-0.2, -0.15) is 0 Å². The van der Waals surface area contributed by atoms with Crippen LogP contribution in [0.25, 0.3) is 0 Å². The van der Waals surface area contributed by atoms with Gasteiger partial charge in [0.1, 0.15) is 54.6 Å². The molecule has 0 saturated carbocycles. The van der Waals surface area contributed by atoms with Gasteiger partial charge in [-0.25, -0.2) is 0 Å². The first-order valence-electron chi connectivity index (χ1n) is 23.5. The molecule has 2 heterocycles. The highest BCUT2D eigenvalue weighted by atomic mass is 33.1. The van der Waals surface area contributed by atoms with E-state index in [0.29, 0.717) is 30.4 Å². The molecular formula is C46H64N12O13S2. The SMILES string of the molecule is NCCCC[C@H](NC(=O)[C@@H]1CCCN1C(=O)C1CSSC[C@H](N)C(=O)N[C@@H](Cc2ccc(O)cc2)C(=O)NC(Cc2ccccc2)C(=O)NC(CCC(N)=O)C(=O)N[C@@H](CC(N)=O)C(=O)N1)C(=O)NCC(=O)O. The number of nitrogens with one attached hydrogen (secondary N) is 7. The fraction of sp³-hybridized carbons (Fsp3) is 0.500. The lowest BCUT2D eigenvalue weighted by molar-refractivity contribution is -0.142. The van der Waals surface area contributed by atoms with E-state index in [1.807, 2.05) is 0 Å². The van der Waals surface area contributed by atoms with Gasteiger partial charge in [-0.1, -0.05) is 64.1 Å². The molecule has 2 aliphatic heterocycles. The van der Waals surface area contributed by atoms with E-state index in [4.69, 9.17) is 28.0 Å². The van der Waals surface area contributed by atoms with Crippen LogP contribution >= 0.6 is 21.6 Å². The van der Waals surface area contributed by atoms with E-state index < -0.39 is 139 Å². The number of phenols is 1. The summed E-state index contributed by atoms with van der Waals surface area (Å²) >= 11 is 0. The third kappa shape index (κ3) is 19.5. The number of carbonyl (C=O) groups excluding carboxylic acids is 10. The quantitative estimate of drug-likeness (QED) is 0.0475. The van der Waals surface area contributed by atoms with E-state index in [9.17, 15) is 57.8 Å². The number of phenolic OH excluding ortho intramolecular Hbond substituents is 1. The Morgan fingerprint density at radius 2 is 1.30 bits per heavy atom. The van der Waals surface area contributed by atoms with Crippen LogP contribution in [-0.2, 0) is 65.6 Å². The van der Waals surface area contributed by atoms with E-state index in [1.54, 1.807) is 30.3 Å². The number of aromatic hydroxyl groups is 1. The number of unbranched alkanes of at least 4 members (excludes halogenated alkanes) is 1. The van der Waals surface area contributed by atoms with Crippen LogP contribution in [0, 0.1) is 0 Å². The summed E-state index contributed by atoms with van der Waals surface area (Å²) in [5, 5.41) is 36.6. The third-order valence-electron chi connectivity index (χ3n) is 11.6. The van der Waals surface area contributed by atoms with Crippen molar-refractivity contribution >= 4 is 86.6 Å². The van der Waals surface area contributed by atoms with Crippen LogP contribution in [0.5, 0.6) is 5.75 Å². The van der Waals surface area contributed by atoms with Gasteiger partial charge in [0, 0.05) is 37.3 Å². The van der Waals surface area contributed by atoms with E-state index in [1.165, 1.54) is 29.2 Å². The lowest BCUT2D eigenvalue weighted by atomic mass is 10.0. The van der Waals surface area contributed by atoms with Gasteiger partial charge in [0.25, 0.3) is 0 Å². The van der Waals surface area contributed by atoms with Crippen LogP contribution in [0.4, 0.5) is 0 Å². The van der Waals surface area contributed by atoms with Gasteiger partial charge in [-0.3, -0.25) is 52.7 Å². The molecule has 2 aromatic carbocycles. The molecule has 2 aromatic rings. The van der Waals surface area contributed by atoms with E-state index in [0.717, 1.165) is 21.6 Å². The van der Waals surface area contributed by atoms with Gasteiger partial charge in [-0.15, -0.1) is 0 Å². The molecule has 0 radical (unpaired) electrons. The Morgan fingerprint density at radius 3 is 1.92 bits per heavy atom. The monoisotopic (exact) mass is 1060 g/mol. The van der Waals surface area contributed by atoms with Crippen molar-refractivity contribution in [1.29, 1.82) is 0 Å². The molecule has 398 valence electrons. The predicted molar refractivity (Wildman–Crippen MR) is 267 cm³/mol. The molecule has 4 rings (SSSR count). The van der Waals surface area contributed by atoms with Gasteiger partial charge in [0.15, 0.2) is 0 Å². The fourth-order valence-electron chi connectivity index (χ4n) is 7.78. The number of carboxylic acid groups (broad SMARTS) is 1. The minimum absolute atomic E-state index is 0.0159. The van der Waals surface area contributed by atoms with Crippen LogP contribution < -0.4 is 60.2 Å². The topological polar surface area (TPSA) is 420 Å². The zero-order chi connectivity index (χ0) is 53.6. The Bertz CT molecular complexity index is 2300. The Kier molecular flexibility index (Phi) is 23.7. The van der Waals surface area contributed by atoms with Gasteiger partial charge >= 0.3 is 5.97 Å². The number of benzene rings is 2. The smallest absolute Gasteiger partial charge is 0.322 e. The first-order chi connectivity index (χ1) is 34.8. The number of rotatable bonds is 19. The normalized spacial score (nSPS) is 23.0.